The van der Waals surface area contributed by atoms with E-state index >= 15 is 0 Å². The molecule has 0 bridgehead atoms. The average Bonchev–Trinajstić information content (AvgIpc) is 3.62. The van der Waals surface area contributed by atoms with Crippen LogP contribution in [0.5, 0.6) is 0 Å². The number of rotatable bonds is 6. The minimum Gasteiger partial charge on any atom is -0.455 e. The van der Waals surface area contributed by atoms with Crippen LogP contribution >= 0.6 is 0 Å². The zero-order chi connectivity index (χ0) is 35.3. The Morgan fingerprint density at radius 2 is 0.868 bits per heavy atom. The first kappa shape index (κ1) is 30.9. The smallest absolute Gasteiger partial charge is 0.143 e. The average molecular weight is 678 g/mol. The summed E-state index contributed by atoms with van der Waals surface area (Å²) in [6, 6.07) is 70.0. The molecule has 0 radical (unpaired) electrons. The maximum Gasteiger partial charge on any atom is 0.143 e. The zero-order valence-corrected chi connectivity index (χ0v) is 29.3. The molecule has 53 heavy (non-hydrogen) atoms. The predicted molar refractivity (Wildman–Crippen MR) is 224 cm³/mol. The molecule has 0 saturated carbocycles. The van der Waals surface area contributed by atoms with E-state index in [1.165, 1.54) is 43.8 Å². The molecule has 0 amide bonds. The van der Waals surface area contributed by atoms with Crippen molar-refractivity contribution in [2.75, 3.05) is 4.90 Å². The molecule has 9 aromatic carbocycles. The highest BCUT2D eigenvalue weighted by atomic mass is 16.3. The van der Waals surface area contributed by atoms with Crippen molar-refractivity contribution in [3.8, 4) is 33.4 Å². The summed E-state index contributed by atoms with van der Waals surface area (Å²) in [5, 5.41) is 7.25. The van der Waals surface area contributed by atoms with Gasteiger partial charge >= 0.3 is 0 Å². The molecule has 0 atom stereocenters. The quantitative estimate of drug-likeness (QED) is 0.174. The van der Waals surface area contributed by atoms with Crippen molar-refractivity contribution < 1.29 is 4.42 Å². The maximum atomic E-state index is 6.54. The molecular weight excluding hydrogens is 643 g/mol. The van der Waals surface area contributed by atoms with E-state index in [1.54, 1.807) is 0 Å². The second kappa shape index (κ2) is 12.7. The van der Waals surface area contributed by atoms with Crippen molar-refractivity contribution in [2.45, 2.75) is 6.92 Å². The van der Waals surface area contributed by atoms with Gasteiger partial charge in [-0.3, -0.25) is 0 Å². The van der Waals surface area contributed by atoms with Gasteiger partial charge in [-0.2, -0.15) is 0 Å². The molecule has 0 fully saturated rings. The number of hydrogen-bond acceptors (Lipinski definition) is 2. The van der Waals surface area contributed by atoms with Crippen LogP contribution in [0.4, 0.5) is 17.1 Å². The fourth-order valence-corrected chi connectivity index (χ4v) is 7.85. The molecule has 0 spiro atoms. The number of para-hydroxylation sites is 3. The van der Waals surface area contributed by atoms with Crippen LogP contribution in [0.3, 0.4) is 0 Å². The Bertz CT molecular complexity index is 2950. The van der Waals surface area contributed by atoms with E-state index in [1.807, 2.05) is 0 Å². The van der Waals surface area contributed by atoms with Gasteiger partial charge in [0.2, 0.25) is 0 Å². The highest BCUT2D eigenvalue weighted by molar-refractivity contribution is 6.10. The van der Waals surface area contributed by atoms with Gasteiger partial charge in [0.15, 0.2) is 0 Å². The lowest BCUT2D eigenvalue weighted by atomic mass is 9.97. The molecule has 2 heteroatoms. The Balaban J connectivity index is 1.10. The first-order valence-electron chi connectivity index (χ1n) is 18.2. The summed E-state index contributed by atoms with van der Waals surface area (Å²) >= 11 is 0. The van der Waals surface area contributed by atoms with Crippen molar-refractivity contribution in [2.24, 2.45) is 0 Å². The summed E-state index contributed by atoms with van der Waals surface area (Å²) in [6.45, 7) is 2.11. The second-order valence-corrected chi connectivity index (χ2v) is 13.8. The van der Waals surface area contributed by atoms with E-state index < -0.39 is 0 Å². The molecule has 10 rings (SSSR count). The van der Waals surface area contributed by atoms with Crippen molar-refractivity contribution in [3.05, 3.63) is 200 Å². The van der Waals surface area contributed by atoms with E-state index in [0.717, 1.165) is 55.7 Å². The van der Waals surface area contributed by atoms with Gasteiger partial charge in [-0.15, -0.1) is 0 Å². The summed E-state index contributed by atoms with van der Waals surface area (Å²) in [4.78, 5) is 2.38. The van der Waals surface area contributed by atoms with Crippen molar-refractivity contribution in [1.29, 1.82) is 0 Å². The lowest BCUT2D eigenvalue weighted by Gasteiger charge is -2.28. The third-order valence-electron chi connectivity index (χ3n) is 10.6. The van der Waals surface area contributed by atoms with Gasteiger partial charge in [0, 0.05) is 33.3 Å². The van der Waals surface area contributed by atoms with Gasteiger partial charge in [-0.25, -0.2) is 0 Å². The molecule has 1 heterocycles. The van der Waals surface area contributed by atoms with Gasteiger partial charge < -0.3 is 9.32 Å². The fraction of sp³-hybridized carbons (Fsp3) is 0.0196. The minimum atomic E-state index is 0.923. The molecule has 0 unspecified atom stereocenters. The largest absolute Gasteiger partial charge is 0.455 e. The Kier molecular flexibility index (Phi) is 7.40. The first-order valence-corrected chi connectivity index (χ1v) is 18.2. The Labute approximate surface area is 308 Å². The van der Waals surface area contributed by atoms with Crippen LogP contribution in [0.15, 0.2) is 199 Å². The van der Waals surface area contributed by atoms with Gasteiger partial charge in [0.25, 0.3) is 0 Å². The third kappa shape index (κ3) is 5.44. The highest BCUT2D eigenvalue weighted by Gasteiger charge is 2.19. The second-order valence-electron chi connectivity index (χ2n) is 13.8. The molecular formula is C51H35NO. The van der Waals surface area contributed by atoms with Gasteiger partial charge in [-0.1, -0.05) is 152 Å². The van der Waals surface area contributed by atoms with Crippen LogP contribution in [-0.4, -0.2) is 0 Å². The normalized spacial score (nSPS) is 11.5. The standard InChI is InChI=1S/C51H35NO/c1-34-10-8-17-47-48-18-9-16-46(51(48)53-50(34)47)38-26-30-44(31-27-38)52(43-28-24-37(25-29-43)41-22-20-35-11-2-4-13-39(35)32-41)49-19-7-6-15-45(49)42-23-21-36-12-3-5-14-40(36)33-42/h2-33H,1H3. The van der Waals surface area contributed by atoms with Crippen LogP contribution < -0.4 is 4.90 Å². The summed E-state index contributed by atoms with van der Waals surface area (Å²) < 4.78 is 6.54. The number of hydrogen-bond donors (Lipinski definition) is 0. The summed E-state index contributed by atoms with van der Waals surface area (Å²) in [5.41, 5.74) is 13.3. The van der Waals surface area contributed by atoms with Crippen LogP contribution in [0.2, 0.25) is 0 Å². The third-order valence-corrected chi connectivity index (χ3v) is 10.6. The van der Waals surface area contributed by atoms with E-state index in [0.29, 0.717) is 0 Å². The Morgan fingerprint density at radius 3 is 1.57 bits per heavy atom. The molecule has 1 aromatic heterocycles. The van der Waals surface area contributed by atoms with Gasteiger partial charge in [-0.05, 0) is 98.8 Å². The fourth-order valence-electron chi connectivity index (χ4n) is 7.85. The van der Waals surface area contributed by atoms with Gasteiger partial charge in [0.1, 0.15) is 11.2 Å². The lowest BCUT2D eigenvalue weighted by Crippen LogP contribution is -2.11. The van der Waals surface area contributed by atoms with Gasteiger partial charge in [0.05, 0.1) is 5.69 Å². The Hall–Kier alpha value is -6.90. The number of aryl methyl sites for hydroxylation is 1. The topological polar surface area (TPSA) is 16.4 Å². The number of furan rings is 1. The van der Waals surface area contributed by atoms with E-state index in [2.05, 4.69) is 206 Å². The summed E-state index contributed by atoms with van der Waals surface area (Å²) in [6.07, 6.45) is 0. The number of anilines is 3. The van der Waals surface area contributed by atoms with Crippen LogP contribution in [-0.2, 0) is 0 Å². The molecule has 0 aliphatic carbocycles. The summed E-state index contributed by atoms with van der Waals surface area (Å²) in [7, 11) is 0. The monoisotopic (exact) mass is 677 g/mol. The van der Waals surface area contributed by atoms with E-state index in [-0.39, 0.29) is 0 Å². The molecule has 0 aliphatic rings. The van der Waals surface area contributed by atoms with Crippen molar-refractivity contribution in [1.82, 2.24) is 0 Å². The van der Waals surface area contributed by atoms with Crippen LogP contribution in [0.25, 0.3) is 76.9 Å². The van der Waals surface area contributed by atoms with Crippen LogP contribution in [0.1, 0.15) is 5.56 Å². The molecule has 2 nitrogen and oxygen atoms in total. The van der Waals surface area contributed by atoms with Crippen LogP contribution in [0, 0.1) is 6.92 Å². The van der Waals surface area contributed by atoms with E-state index in [4.69, 9.17) is 4.42 Å². The van der Waals surface area contributed by atoms with Crippen molar-refractivity contribution >= 4 is 60.5 Å². The molecule has 10 aromatic rings. The number of benzene rings is 9. The number of fused-ring (bicyclic) bond motifs is 5. The molecule has 0 saturated heterocycles. The summed E-state index contributed by atoms with van der Waals surface area (Å²) in [5.74, 6) is 0. The minimum absolute atomic E-state index is 0.923. The molecule has 250 valence electrons. The number of nitrogens with zero attached hydrogens (tertiary/aromatic N) is 1. The predicted octanol–water partition coefficient (Wildman–Crippen LogP) is 14.7. The molecule has 0 N–H and O–H groups in total. The SMILES string of the molecule is Cc1cccc2c1oc1c(-c3ccc(N(c4ccc(-c5ccc6ccccc6c5)cc4)c4ccccc4-c4ccc5ccccc5c4)cc3)cccc12. The lowest BCUT2D eigenvalue weighted by molar-refractivity contribution is 0.667. The Morgan fingerprint density at radius 1 is 0.358 bits per heavy atom. The first-order chi connectivity index (χ1) is 26.2. The van der Waals surface area contributed by atoms with Crippen molar-refractivity contribution in [3.63, 3.8) is 0 Å². The molecule has 0 aliphatic heterocycles. The zero-order valence-electron chi connectivity index (χ0n) is 29.3. The highest BCUT2D eigenvalue weighted by Crippen LogP contribution is 2.43. The van der Waals surface area contributed by atoms with E-state index in [9.17, 15) is 0 Å². The maximum absolute atomic E-state index is 6.54.